The van der Waals surface area contributed by atoms with Gasteiger partial charge in [-0.3, -0.25) is 13.5 Å². The molecule has 0 spiro atoms. The predicted octanol–water partition coefficient (Wildman–Crippen LogP) is 8.82. The maximum atomic E-state index is 6.51. The van der Waals surface area contributed by atoms with Crippen molar-refractivity contribution < 1.29 is 4.42 Å². The van der Waals surface area contributed by atoms with Crippen LogP contribution in [0.3, 0.4) is 0 Å². The molecule has 10 aromatic rings. The zero-order valence-corrected chi connectivity index (χ0v) is 22.3. The fourth-order valence-electron chi connectivity index (χ4n) is 6.79. The number of nitrogens with zero attached hydrogens (tertiary/aromatic N) is 5. The molecule has 0 atom stereocenters. The van der Waals surface area contributed by atoms with E-state index in [0.717, 1.165) is 83.1 Å². The average Bonchev–Trinajstić information content (AvgIpc) is 3.78. The van der Waals surface area contributed by atoms with Gasteiger partial charge in [-0.1, -0.05) is 72.8 Å². The second-order valence-corrected chi connectivity index (χ2v) is 10.7. The molecule has 0 saturated heterocycles. The SMILES string of the molecule is c1ccc2c(c1)nc1n(-c3cccc4c5ccccc5n(-c5nccc6c5oc5ccccc56)c34)c3ccccc3n21. The number of rotatable bonds is 2. The quantitative estimate of drug-likeness (QED) is 0.221. The summed E-state index contributed by atoms with van der Waals surface area (Å²) in [7, 11) is 0. The molecule has 0 radical (unpaired) electrons. The third kappa shape index (κ3) is 2.68. The molecule has 0 N–H and O–H groups in total. The van der Waals surface area contributed by atoms with Crippen LogP contribution in [0.4, 0.5) is 0 Å². The first-order valence-electron chi connectivity index (χ1n) is 14.0. The summed E-state index contributed by atoms with van der Waals surface area (Å²) in [5.74, 6) is 1.64. The molecule has 0 unspecified atom stereocenters. The van der Waals surface area contributed by atoms with E-state index in [1.54, 1.807) is 0 Å². The predicted molar refractivity (Wildman–Crippen MR) is 169 cm³/mol. The van der Waals surface area contributed by atoms with Crippen molar-refractivity contribution in [2.45, 2.75) is 0 Å². The molecule has 196 valence electrons. The number of pyridine rings is 1. The summed E-state index contributed by atoms with van der Waals surface area (Å²) in [6, 6.07) is 42.1. The monoisotopic (exact) mass is 539 g/mol. The fourth-order valence-corrected chi connectivity index (χ4v) is 6.79. The van der Waals surface area contributed by atoms with E-state index in [4.69, 9.17) is 14.4 Å². The molecule has 6 nitrogen and oxygen atoms in total. The van der Waals surface area contributed by atoms with E-state index in [-0.39, 0.29) is 0 Å². The Morgan fingerprint density at radius 2 is 1.24 bits per heavy atom. The minimum absolute atomic E-state index is 0.767. The lowest BCUT2D eigenvalue weighted by atomic mass is 10.1. The van der Waals surface area contributed by atoms with Gasteiger partial charge in [0.05, 0.1) is 38.8 Å². The van der Waals surface area contributed by atoms with Crippen molar-refractivity contribution in [3.63, 3.8) is 0 Å². The standard InChI is InChI=1S/C36H21N5O/c1-4-14-27-22(10-1)24-12-9-18-31(33(24)41(27)35-34-25(20-21-37-35)23-11-2-8-19-32(23)42-34)40-30-17-7-6-16-29(30)39-28-15-5-3-13-26(28)38-36(39)40/h1-21H. The highest BCUT2D eigenvalue weighted by Crippen LogP contribution is 2.40. The number of fused-ring (bicyclic) bond motifs is 11. The maximum Gasteiger partial charge on any atom is 0.220 e. The lowest BCUT2D eigenvalue weighted by Gasteiger charge is -2.12. The first-order valence-corrected chi connectivity index (χ1v) is 14.0. The number of para-hydroxylation sites is 7. The third-order valence-corrected chi connectivity index (χ3v) is 8.51. The van der Waals surface area contributed by atoms with Crippen LogP contribution in [0.25, 0.3) is 83.1 Å². The minimum atomic E-state index is 0.767. The topological polar surface area (TPSA) is 53.2 Å². The number of imidazole rings is 2. The number of benzene rings is 5. The van der Waals surface area contributed by atoms with Crippen LogP contribution in [0.2, 0.25) is 0 Å². The Bertz CT molecular complexity index is 2700. The van der Waals surface area contributed by atoms with E-state index in [1.165, 1.54) is 0 Å². The minimum Gasteiger partial charge on any atom is -0.452 e. The second kappa shape index (κ2) is 7.86. The molecule has 0 bridgehead atoms. The van der Waals surface area contributed by atoms with E-state index in [0.29, 0.717) is 0 Å². The van der Waals surface area contributed by atoms with Crippen LogP contribution in [-0.2, 0) is 0 Å². The first kappa shape index (κ1) is 21.9. The molecule has 0 fully saturated rings. The Morgan fingerprint density at radius 1 is 0.524 bits per heavy atom. The largest absolute Gasteiger partial charge is 0.452 e. The van der Waals surface area contributed by atoms with Crippen molar-refractivity contribution >= 4 is 71.6 Å². The van der Waals surface area contributed by atoms with Crippen LogP contribution < -0.4 is 0 Å². The van der Waals surface area contributed by atoms with Crippen LogP contribution in [0.1, 0.15) is 0 Å². The number of hydrogen-bond acceptors (Lipinski definition) is 3. The molecule has 5 aromatic heterocycles. The Hall–Kier alpha value is -5.88. The van der Waals surface area contributed by atoms with Gasteiger partial charge in [-0.25, -0.2) is 9.97 Å². The van der Waals surface area contributed by atoms with E-state index >= 15 is 0 Å². The van der Waals surface area contributed by atoms with Crippen LogP contribution >= 0.6 is 0 Å². The summed E-state index contributed by atoms with van der Waals surface area (Å²) in [4.78, 5) is 10.1. The van der Waals surface area contributed by atoms with Crippen LogP contribution in [0, 0.1) is 0 Å². The molecule has 6 heteroatoms. The van der Waals surface area contributed by atoms with Crippen molar-refractivity contribution in [3.8, 4) is 11.5 Å². The molecule has 0 amide bonds. The van der Waals surface area contributed by atoms with Crippen molar-refractivity contribution in [2.24, 2.45) is 0 Å². The van der Waals surface area contributed by atoms with Gasteiger partial charge >= 0.3 is 0 Å². The lowest BCUT2D eigenvalue weighted by Crippen LogP contribution is -2.03. The Kier molecular flexibility index (Phi) is 4.10. The highest BCUT2D eigenvalue weighted by Gasteiger charge is 2.24. The van der Waals surface area contributed by atoms with Gasteiger partial charge in [0.2, 0.25) is 5.78 Å². The molecule has 0 saturated carbocycles. The smallest absolute Gasteiger partial charge is 0.220 e. The first-order chi connectivity index (χ1) is 20.9. The van der Waals surface area contributed by atoms with Gasteiger partial charge in [-0.2, -0.15) is 0 Å². The number of aromatic nitrogens is 5. The van der Waals surface area contributed by atoms with Crippen LogP contribution in [0.5, 0.6) is 0 Å². The Balaban J connectivity index is 1.42. The van der Waals surface area contributed by atoms with Gasteiger partial charge in [0.25, 0.3) is 0 Å². The molecule has 0 aliphatic carbocycles. The molecule has 5 heterocycles. The van der Waals surface area contributed by atoms with Crippen molar-refractivity contribution in [1.82, 2.24) is 23.5 Å². The van der Waals surface area contributed by atoms with Crippen LogP contribution in [0.15, 0.2) is 132 Å². The Labute approximate surface area is 238 Å². The van der Waals surface area contributed by atoms with Gasteiger partial charge in [0, 0.05) is 27.7 Å². The summed E-state index contributed by atoms with van der Waals surface area (Å²) in [6.45, 7) is 0. The van der Waals surface area contributed by atoms with Gasteiger partial charge in [-0.15, -0.1) is 0 Å². The molecule has 10 rings (SSSR count). The summed E-state index contributed by atoms with van der Waals surface area (Å²) in [5.41, 5.74) is 9.02. The summed E-state index contributed by atoms with van der Waals surface area (Å²) in [6.07, 6.45) is 1.88. The zero-order chi connectivity index (χ0) is 27.4. The maximum absolute atomic E-state index is 6.51. The summed E-state index contributed by atoms with van der Waals surface area (Å²) < 4.78 is 13.3. The van der Waals surface area contributed by atoms with Crippen molar-refractivity contribution in [1.29, 1.82) is 0 Å². The number of hydrogen-bond donors (Lipinski definition) is 0. The third-order valence-electron chi connectivity index (χ3n) is 8.51. The molecule has 42 heavy (non-hydrogen) atoms. The average molecular weight is 540 g/mol. The van der Waals surface area contributed by atoms with Gasteiger partial charge in [0.1, 0.15) is 5.58 Å². The van der Waals surface area contributed by atoms with Gasteiger partial charge in [0.15, 0.2) is 11.4 Å². The van der Waals surface area contributed by atoms with Gasteiger partial charge in [-0.05, 0) is 48.5 Å². The zero-order valence-electron chi connectivity index (χ0n) is 22.3. The molecular formula is C36H21N5O. The van der Waals surface area contributed by atoms with E-state index in [9.17, 15) is 0 Å². The van der Waals surface area contributed by atoms with E-state index in [1.807, 2.05) is 36.5 Å². The fraction of sp³-hybridized carbons (Fsp3) is 0. The van der Waals surface area contributed by atoms with Gasteiger partial charge < -0.3 is 4.42 Å². The molecule has 5 aromatic carbocycles. The summed E-state index contributed by atoms with van der Waals surface area (Å²) in [5, 5.41) is 4.43. The van der Waals surface area contributed by atoms with Crippen molar-refractivity contribution in [3.05, 3.63) is 128 Å². The highest BCUT2D eigenvalue weighted by atomic mass is 16.3. The van der Waals surface area contributed by atoms with Crippen molar-refractivity contribution in [2.75, 3.05) is 0 Å². The van der Waals surface area contributed by atoms with E-state index < -0.39 is 0 Å². The molecular weight excluding hydrogens is 518 g/mol. The molecule has 0 aliphatic rings. The highest BCUT2D eigenvalue weighted by molar-refractivity contribution is 6.14. The molecule has 0 aliphatic heterocycles. The number of furan rings is 1. The normalized spacial score (nSPS) is 12.3. The van der Waals surface area contributed by atoms with Crippen LogP contribution in [-0.4, -0.2) is 23.5 Å². The van der Waals surface area contributed by atoms with E-state index in [2.05, 4.69) is 105 Å². The second-order valence-electron chi connectivity index (χ2n) is 10.7. The Morgan fingerprint density at radius 3 is 2.14 bits per heavy atom. The summed E-state index contributed by atoms with van der Waals surface area (Å²) >= 11 is 0. The lowest BCUT2D eigenvalue weighted by molar-refractivity contribution is 0.663.